The maximum Gasteiger partial charge on any atom is 0.255 e. The van der Waals surface area contributed by atoms with Crippen LogP contribution in [0.5, 0.6) is 0 Å². The number of amides is 3. The summed E-state index contributed by atoms with van der Waals surface area (Å²) in [7, 11) is 0. The molecule has 2 N–H and O–H groups in total. The summed E-state index contributed by atoms with van der Waals surface area (Å²) in [4.78, 5) is 40.5. The Balaban J connectivity index is 1.56. The average molecular weight is 542 g/mol. The largest absolute Gasteiger partial charge is 0.339 e. The maximum atomic E-state index is 13.3. The molecule has 0 saturated heterocycles. The molecule has 3 rings (SSSR count). The lowest BCUT2D eigenvalue weighted by atomic mass is 10.1. The van der Waals surface area contributed by atoms with E-state index in [4.69, 9.17) is 0 Å². The second-order valence-electron chi connectivity index (χ2n) is 10.3. The first-order valence-electron chi connectivity index (χ1n) is 14.6. The monoisotopic (exact) mass is 541 g/mol. The van der Waals surface area contributed by atoms with Crippen molar-refractivity contribution in [3.8, 4) is 0 Å². The van der Waals surface area contributed by atoms with Crippen molar-refractivity contribution in [1.82, 2.24) is 4.90 Å². The molecule has 6 heteroatoms. The fourth-order valence-electron chi connectivity index (χ4n) is 4.55. The van der Waals surface area contributed by atoms with Crippen molar-refractivity contribution in [2.45, 2.75) is 72.1 Å². The van der Waals surface area contributed by atoms with E-state index in [9.17, 15) is 14.4 Å². The Morgan fingerprint density at radius 3 is 1.60 bits per heavy atom. The molecule has 0 aliphatic rings. The second-order valence-corrected chi connectivity index (χ2v) is 10.3. The van der Waals surface area contributed by atoms with Crippen LogP contribution in [0.25, 0.3) is 0 Å². The summed E-state index contributed by atoms with van der Waals surface area (Å²) < 4.78 is 0. The smallest absolute Gasteiger partial charge is 0.255 e. The predicted octanol–water partition coefficient (Wildman–Crippen LogP) is 8.10. The number of nitrogens with zero attached hydrogens (tertiary/aromatic N) is 1. The molecule has 212 valence electrons. The molecule has 3 aromatic carbocycles. The Morgan fingerprint density at radius 1 is 0.600 bits per heavy atom. The number of carbonyl (C=O) groups is 3. The highest BCUT2D eigenvalue weighted by atomic mass is 16.2. The van der Waals surface area contributed by atoms with Crippen molar-refractivity contribution >= 4 is 29.1 Å². The lowest BCUT2D eigenvalue weighted by Gasteiger charge is -2.23. The standard InChI is InChI=1S/C34H43N3O3/c1-4-6-8-10-23-37(24-11-9-7-5-2)34(40)28-17-21-31(22-18-28)35-32(38)27-15-19-30(20-16-27)36-33(39)29-14-12-13-26(3)25-29/h12-22,25H,4-11,23-24H2,1-3H3,(H,35,38)(H,36,39). The molecule has 40 heavy (non-hydrogen) atoms. The topological polar surface area (TPSA) is 78.5 Å². The van der Waals surface area contributed by atoms with Gasteiger partial charge in [-0.15, -0.1) is 0 Å². The molecule has 0 aromatic heterocycles. The fraction of sp³-hybridized carbons (Fsp3) is 0.382. The van der Waals surface area contributed by atoms with Gasteiger partial charge in [-0.2, -0.15) is 0 Å². The number of rotatable bonds is 15. The number of hydrogen-bond acceptors (Lipinski definition) is 3. The van der Waals surface area contributed by atoms with E-state index >= 15 is 0 Å². The zero-order valence-electron chi connectivity index (χ0n) is 24.2. The summed E-state index contributed by atoms with van der Waals surface area (Å²) in [5.41, 5.74) is 3.94. The van der Waals surface area contributed by atoms with E-state index in [-0.39, 0.29) is 17.7 Å². The van der Waals surface area contributed by atoms with Gasteiger partial charge in [0.05, 0.1) is 0 Å². The first-order valence-corrected chi connectivity index (χ1v) is 14.6. The van der Waals surface area contributed by atoms with E-state index in [1.165, 1.54) is 25.7 Å². The molecule has 0 heterocycles. The highest BCUT2D eigenvalue weighted by Gasteiger charge is 2.16. The molecule has 0 spiro atoms. The lowest BCUT2D eigenvalue weighted by Crippen LogP contribution is -2.33. The van der Waals surface area contributed by atoms with Crippen molar-refractivity contribution in [1.29, 1.82) is 0 Å². The van der Waals surface area contributed by atoms with Crippen LogP contribution in [0.4, 0.5) is 11.4 Å². The minimum atomic E-state index is -0.260. The van der Waals surface area contributed by atoms with E-state index in [0.717, 1.165) is 44.3 Å². The molecule has 0 aliphatic heterocycles. The summed E-state index contributed by atoms with van der Waals surface area (Å²) in [6.07, 6.45) is 9.05. The van der Waals surface area contributed by atoms with Gasteiger partial charge >= 0.3 is 0 Å². The van der Waals surface area contributed by atoms with Crippen molar-refractivity contribution in [2.75, 3.05) is 23.7 Å². The van der Waals surface area contributed by atoms with Gasteiger partial charge < -0.3 is 15.5 Å². The summed E-state index contributed by atoms with van der Waals surface area (Å²) in [5, 5.41) is 5.75. The Bertz CT molecular complexity index is 1220. The first-order chi connectivity index (χ1) is 19.4. The molecule has 3 amide bonds. The molecule has 0 aliphatic carbocycles. The van der Waals surface area contributed by atoms with Gasteiger partial charge in [0.1, 0.15) is 0 Å². The molecule has 0 atom stereocenters. The van der Waals surface area contributed by atoms with Crippen LogP contribution >= 0.6 is 0 Å². The zero-order valence-corrected chi connectivity index (χ0v) is 24.2. The van der Waals surface area contributed by atoms with Crippen LogP contribution in [-0.4, -0.2) is 35.7 Å². The highest BCUT2D eigenvalue weighted by Crippen LogP contribution is 2.17. The third-order valence-corrected chi connectivity index (χ3v) is 6.93. The van der Waals surface area contributed by atoms with Gasteiger partial charge in [0.15, 0.2) is 0 Å². The van der Waals surface area contributed by atoms with Crippen molar-refractivity contribution < 1.29 is 14.4 Å². The molecule has 0 saturated carbocycles. The van der Waals surface area contributed by atoms with Gasteiger partial charge in [-0.3, -0.25) is 14.4 Å². The van der Waals surface area contributed by atoms with Crippen LogP contribution in [-0.2, 0) is 0 Å². The van der Waals surface area contributed by atoms with Gasteiger partial charge in [0.2, 0.25) is 0 Å². The van der Waals surface area contributed by atoms with Crippen molar-refractivity contribution in [3.05, 3.63) is 95.1 Å². The number of carbonyl (C=O) groups excluding carboxylic acids is 3. The average Bonchev–Trinajstić information content (AvgIpc) is 2.96. The normalized spacial score (nSPS) is 10.7. The fourth-order valence-corrected chi connectivity index (χ4v) is 4.55. The highest BCUT2D eigenvalue weighted by molar-refractivity contribution is 6.06. The van der Waals surface area contributed by atoms with E-state index < -0.39 is 0 Å². The van der Waals surface area contributed by atoms with Gasteiger partial charge in [-0.1, -0.05) is 70.1 Å². The molecule has 0 fully saturated rings. The van der Waals surface area contributed by atoms with Crippen LogP contribution in [0.2, 0.25) is 0 Å². The molecule has 0 bridgehead atoms. The SMILES string of the molecule is CCCCCCN(CCCCCC)C(=O)c1ccc(NC(=O)c2ccc(NC(=O)c3cccc(C)c3)cc2)cc1. The minimum Gasteiger partial charge on any atom is -0.339 e. The number of unbranched alkanes of at least 4 members (excludes halogenated alkanes) is 6. The Hall–Kier alpha value is -3.93. The van der Waals surface area contributed by atoms with Gasteiger partial charge in [-0.25, -0.2) is 0 Å². The van der Waals surface area contributed by atoms with Crippen molar-refractivity contribution in [3.63, 3.8) is 0 Å². The number of anilines is 2. The van der Waals surface area contributed by atoms with Crippen molar-refractivity contribution in [2.24, 2.45) is 0 Å². The molecular formula is C34H43N3O3. The van der Waals surface area contributed by atoms with E-state index in [1.54, 1.807) is 54.6 Å². The number of aryl methyl sites for hydroxylation is 1. The number of hydrogen-bond donors (Lipinski definition) is 2. The maximum absolute atomic E-state index is 13.3. The van der Waals surface area contributed by atoms with Crippen LogP contribution in [0.1, 0.15) is 102 Å². The van der Waals surface area contributed by atoms with E-state index in [0.29, 0.717) is 28.1 Å². The molecule has 6 nitrogen and oxygen atoms in total. The quantitative estimate of drug-likeness (QED) is 0.191. The third-order valence-electron chi connectivity index (χ3n) is 6.93. The summed E-state index contributed by atoms with van der Waals surface area (Å²) in [5.74, 6) is -0.408. The number of benzene rings is 3. The zero-order chi connectivity index (χ0) is 28.7. The first kappa shape index (κ1) is 30.6. The molecule has 0 radical (unpaired) electrons. The Kier molecular flexibility index (Phi) is 12.4. The van der Waals surface area contributed by atoms with E-state index in [2.05, 4.69) is 24.5 Å². The Labute approximate surface area is 239 Å². The van der Waals surface area contributed by atoms with Gasteiger partial charge in [0, 0.05) is 41.2 Å². The van der Waals surface area contributed by atoms with Gasteiger partial charge in [-0.05, 0) is 80.4 Å². The molecular weight excluding hydrogens is 498 g/mol. The Morgan fingerprint density at radius 2 is 1.10 bits per heavy atom. The lowest BCUT2D eigenvalue weighted by molar-refractivity contribution is 0.0749. The number of nitrogens with one attached hydrogen (secondary N) is 2. The minimum absolute atomic E-state index is 0.0502. The van der Waals surface area contributed by atoms with E-state index in [1.807, 2.05) is 30.0 Å². The summed E-state index contributed by atoms with van der Waals surface area (Å²) in [6, 6.07) is 21.3. The summed E-state index contributed by atoms with van der Waals surface area (Å²) in [6.45, 7) is 7.89. The van der Waals surface area contributed by atoms with Crippen LogP contribution in [0.15, 0.2) is 72.8 Å². The predicted molar refractivity (Wildman–Crippen MR) is 164 cm³/mol. The molecule has 3 aromatic rings. The van der Waals surface area contributed by atoms with Crippen LogP contribution in [0, 0.1) is 6.92 Å². The van der Waals surface area contributed by atoms with Crippen LogP contribution < -0.4 is 10.6 Å². The van der Waals surface area contributed by atoms with Crippen LogP contribution in [0.3, 0.4) is 0 Å². The third kappa shape index (κ3) is 9.67. The second kappa shape index (κ2) is 16.2. The molecule has 0 unspecified atom stereocenters. The summed E-state index contributed by atoms with van der Waals surface area (Å²) >= 11 is 0. The van der Waals surface area contributed by atoms with Gasteiger partial charge in [0.25, 0.3) is 17.7 Å².